The molecule has 3 rings (SSSR count). The third kappa shape index (κ3) is 3.51. The number of carbonyl (C=O) groups is 2. The third-order valence-corrected chi connectivity index (χ3v) is 5.75. The minimum Gasteiger partial charge on any atom is -0.545 e. The van der Waals surface area contributed by atoms with E-state index >= 15 is 0 Å². The van der Waals surface area contributed by atoms with Gasteiger partial charge in [0.05, 0.1) is 37.7 Å². The second-order valence-electron chi connectivity index (χ2n) is 5.34. The minimum absolute atomic E-state index is 0.0671. The highest BCUT2D eigenvalue weighted by atomic mass is 32.2. The van der Waals surface area contributed by atoms with Crippen molar-refractivity contribution >= 4 is 49.2 Å². The van der Waals surface area contributed by atoms with E-state index in [1.54, 1.807) is 13.0 Å². The van der Waals surface area contributed by atoms with Crippen molar-refractivity contribution < 1.29 is 28.2 Å². The average Bonchev–Trinajstić information content (AvgIpc) is 2.93. The Hall–Kier alpha value is -2.98. The lowest BCUT2D eigenvalue weighted by Crippen LogP contribution is -2.26. The van der Waals surface area contributed by atoms with Crippen LogP contribution in [0.4, 0.5) is 5.69 Å². The molecule has 10 heteroatoms. The van der Waals surface area contributed by atoms with Crippen molar-refractivity contribution in [1.29, 1.82) is 0 Å². The lowest BCUT2D eigenvalue weighted by atomic mass is 10.1. The fourth-order valence-electron chi connectivity index (χ4n) is 2.32. The van der Waals surface area contributed by atoms with Gasteiger partial charge in [-0.05, 0) is 54.4 Å². The van der Waals surface area contributed by atoms with Crippen molar-refractivity contribution in [3.05, 3.63) is 52.5 Å². The fourth-order valence-corrected chi connectivity index (χ4v) is 4.33. The lowest BCUT2D eigenvalue weighted by molar-refractivity contribution is -0.255. The summed E-state index contributed by atoms with van der Waals surface area (Å²) in [5.41, 5.74) is -0.549. The molecule has 1 heterocycles. The van der Waals surface area contributed by atoms with E-state index in [9.17, 15) is 28.2 Å². The van der Waals surface area contributed by atoms with Crippen molar-refractivity contribution in [2.45, 2.75) is 11.8 Å². The molecule has 0 amide bonds. The Balaban J connectivity index is 2.02. The normalized spacial score (nSPS) is 11.4. The van der Waals surface area contributed by atoms with Gasteiger partial charge in [0.1, 0.15) is 0 Å². The molecule has 1 N–H and O–H groups in total. The largest absolute Gasteiger partial charge is 0.545 e. The molecule has 0 aliphatic heterocycles. The summed E-state index contributed by atoms with van der Waals surface area (Å²) in [7, 11) is -4.08. The molecule has 0 aliphatic carbocycles. The van der Waals surface area contributed by atoms with Gasteiger partial charge in [-0.3, -0.25) is 4.72 Å². The van der Waals surface area contributed by atoms with E-state index in [0.29, 0.717) is 10.2 Å². The van der Waals surface area contributed by atoms with Crippen molar-refractivity contribution in [2.75, 3.05) is 4.72 Å². The van der Waals surface area contributed by atoms with E-state index in [-0.39, 0.29) is 10.6 Å². The number of thiazole rings is 1. The molecule has 0 aliphatic rings. The molecule has 0 saturated heterocycles. The first kappa shape index (κ1) is 17.8. The first-order chi connectivity index (χ1) is 12.2. The van der Waals surface area contributed by atoms with Crippen molar-refractivity contribution in [1.82, 2.24) is 4.98 Å². The highest BCUT2D eigenvalue weighted by Crippen LogP contribution is 2.26. The highest BCUT2D eigenvalue weighted by molar-refractivity contribution is 7.92. The van der Waals surface area contributed by atoms with Crippen molar-refractivity contribution in [3.63, 3.8) is 0 Å². The Morgan fingerprint density at radius 2 is 1.65 bits per heavy atom. The Morgan fingerprint density at radius 1 is 1.04 bits per heavy atom. The quantitative estimate of drug-likeness (QED) is 0.653. The standard InChI is InChI=1S/C16H12N2O6S2/c1-8-17-13-3-2-12(7-14(13)25-8)26(23,24)18-11-5-9(15(19)20)4-10(6-11)16(21)22/h2-7,18H,1H3,(H,19,20)(H,21,22)/p-2. The number of fused-ring (bicyclic) bond motifs is 1. The van der Waals surface area contributed by atoms with Gasteiger partial charge in [0.15, 0.2) is 0 Å². The van der Waals surface area contributed by atoms with E-state index in [2.05, 4.69) is 9.71 Å². The van der Waals surface area contributed by atoms with Crippen LogP contribution in [0.3, 0.4) is 0 Å². The summed E-state index contributed by atoms with van der Waals surface area (Å²) in [6, 6.07) is 7.10. The number of sulfonamides is 1. The van der Waals surface area contributed by atoms with Gasteiger partial charge >= 0.3 is 0 Å². The number of carboxylic acid groups (broad SMARTS) is 2. The van der Waals surface area contributed by atoms with Gasteiger partial charge in [0, 0.05) is 0 Å². The number of hydrogen-bond acceptors (Lipinski definition) is 8. The van der Waals surface area contributed by atoms with Crippen LogP contribution in [0.25, 0.3) is 10.2 Å². The maximum absolute atomic E-state index is 12.6. The van der Waals surface area contributed by atoms with E-state index in [0.717, 1.165) is 23.2 Å². The van der Waals surface area contributed by atoms with Gasteiger partial charge in [0.25, 0.3) is 10.0 Å². The number of aromatic nitrogens is 1. The molecule has 0 radical (unpaired) electrons. The average molecular weight is 390 g/mol. The molecule has 0 bridgehead atoms. The van der Waals surface area contributed by atoms with Crippen LogP contribution in [-0.2, 0) is 10.0 Å². The molecule has 26 heavy (non-hydrogen) atoms. The van der Waals surface area contributed by atoms with Crippen LogP contribution in [0.5, 0.6) is 0 Å². The van der Waals surface area contributed by atoms with Crippen LogP contribution in [0.15, 0.2) is 41.3 Å². The van der Waals surface area contributed by atoms with Crippen LogP contribution in [0.1, 0.15) is 25.7 Å². The number of rotatable bonds is 5. The first-order valence-corrected chi connectivity index (χ1v) is 9.43. The second-order valence-corrected chi connectivity index (χ2v) is 8.26. The number of nitrogens with one attached hydrogen (secondary N) is 1. The van der Waals surface area contributed by atoms with Crippen LogP contribution in [0.2, 0.25) is 0 Å². The first-order valence-electron chi connectivity index (χ1n) is 7.13. The Morgan fingerprint density at radius 3 is 2.23 bits per heavy atom. The summed E-state index contributed by atoms with van der Waals surface area (Å²) in [6.07, 6.45) is 0. The maximum Gasteiger partial charge on any atom is 0.261 e. The summed E-state index contributed by atoms with van der Waals surface area (Å²) < 4.78 is 28.0. The van der Waals surface area contributed by atoms with E-state index < -0.39 is 33.1 Å². The summed E-state index contributed by atoms with van der Waals surface area (Å²) in [4.78, 5) is 26.2. The molecular formula is C16H10N2O6S2-2. The predicted molar refractivity (Wildman–Crippen MR) is 90.3 cm³/mol. The van der Waals surface area contributed by atoms with E-state index in [1.165, 1.54) is 23.5 Å². The van der Waals surface area contributed by atoms with Gasteiger partial charge in [-0.1, -0.05) is 0 Å². The molecule has 2 aromatic carbocycles. The number of aryl methyl sites for hydroxylation is 1. The van der Waals surface area contributed by atoms with Crippen LogP contribution in [-0.4, -0.2) is 25.3 Å². The Kier molecular flexibility index (Phi) is 4.38. The van der Waals surface area contributed by atoms with Crippen LogP contribution in [0, 0.1) is 6.92 Å². The monoisotopic (exact) mass is 390 g/mol. The summed E-state index contributed by atoms with van der Waals surface area (Å²) in [5, 5.41) is 22.8. The lowest BCUT2D eigenvalue weighted by Gasteiger charge is -2.13. The Bertz CT molecular complexity index is 1120. The number of carboxylic acids is 2. The topological polar surface area (TPSA) is 139 Å². The van der Waals surface area contributed by atoms with Gasteiger partial charge in [-0.25, -0.2) is 13.4 Å². The third-order valence-electron chi connectivity index (χ3n) is 3.43. The smallest absolute Gasteiger partial charge is 0.261 e. The molecule has 1 aromatic heterocycles. The SMILES string of the molecule is Cc1nc2ccc(S(=O)(=O)Nc3cc(C(=O)[O-])cc(C(=O)[O-])c3)cc2s1. The zero-order valence-corrected chi connectivity index (χ0v) is 14.8. The molecular weight excluding hydrogens is 380 g/mol. The zero-order chi connectivity index (χ0) is 19.1. The van der Waals surface area contributed by atoms with Crippen molar-refractivity contribution in [3.8, 4) is 0 Å². The molecule has 0 atom stereocenters. The molecule has 0 fully saturated rings. The number of carbonyl (C=O) groups excluding carboxylic acids is 2. The number of aromatic carboxylic acids is 2. The number of benzene rings is 2. The second kappa shape index (κ2) is 6.39. The van der Waals surface area contributed by atoms with E-state index in [1.807, 2.05) is 0 Å². The van der Waals surface area contributed by atoms with Gasteiger partial charge in [-0.2, -0.15) is 0 Å². The van der Waals surface area contributed by atoms with Crippen LogP contribution >= 0.6 is 11.3 Å². The zero-order valence-electron chi connectivity index (χ0n) is 13.2. The molecule has 0 saturated carbocycles. The molecule has 3 aromatic rings. The predicted octanol–water partition coefficient (Wildman–Crippen LogP) is 0.133. The summed E-state index contributed by atoms with van der Waals surface area (Å²) >= 11 is 1.33. The minimum atomic E-state index is -4.08. The van der Waals surface area contributed by atoms with Gasteiger partial charge in [0.2, 0.25) is 0 Å². The number of hydrogen-bond donors (Lipinski definition) is 1. The molecule has 8 nitrogen and oxygen atoms in total. The summed E-state index contributed by atoms with van der Waals surface area (Å²) in [6.45, 7) is 1.80. The number of anilines is 1. The van der Waals surface area contributed by atoms with Crippen LogP contribution < -0.4 is 14.9 Å². The summed E-state index contributed by atoms with van der Waals surface area (Å²) in [5.74, 6) is -3.29. The van der Waals surface area contributed by atoms with E-state index in [4.69, 9.17) is 0 Å². The Labute approximate surface area is 151 Å². The van der Waals surface area contributed by atoms with Crippen molar-refractivity contribution in [2.24, 2.45) is 0 Å². The fraction of sp³-hybridized carbons (Fsp3) is 0.0625. The maximum atomic E-state index is 12.6. The molecule has 0 unspecified atom stereocenters. The number of nitrogens with zero attached hydrogens (tertiary/aromatic N) is 1. The molecule has 0 spiro atoms. The van der Waals surface area contributed by atoms with Gasteiger partial charge < -0.3 is 19.8 Å². The molecule has 134 valence electrons. The highest BCUT2D eigenvalue weighted by Gasteiger charge is 2.17. The van der Waals surface area contributed by atoms with Gasteiger partial charge in [-0.15, -0.1) is 11.3 Å².